The second-order valence-electron chi connectivity index (χ2n) is 9.12. The van der Waals surface area contributed by atoms with Gasteiger partial charge in [0.2, 0.25) is 5.91 Å². The van der Waals surface area contributed by atoms with Gasteiger partial charge in [-0.05, 0) is 35.4 Å². The van der Waals surface area contributed by atoms with Crippen LogP contribution in [0, 0.1) is 0 Å². The highest BCUT2D eigenvalue weighted by Crippen LogP contribution is 2.33. The Bertz CT molecular complexity index is 1190. The van der Waals surface area contributed by atoms with Crippen molar-refractivity contribution in [3.05, 3.63) is 96.1 Å². The molecule has 0 unspecified atom stereocenters. The molecule has 2 amide bonds. The number of piperazine rings is 1. The number of alkyl halides is 3. The first-order chi connectivity index (χ1) is 17.8. The van der Waals surface area contributed by atoms with E-state index in [1.165, 1.54) is 35.4 Å². The predicted octanol–water partition coefficient (Wildman–Crippen LogP) is 4.89. The molecule has 2 aliphatic heterocycles. The average Bonchev–Trinajstić information content (AvgIpc) is 3.19. The number of imide groups is 1. The van der Waals surface area contributed by atoms with E-state index in [1.54, 1.807) is 0 Å². The Morgan fingerprint density at radius 3 is 1.86 bits per heavy atom. The molecule has 0 radical (unpaired) electrons. The minimum absolute atomic E-state index is 0.0810. The second-order valence-corrected chi connectivity index (χ2v) is 9.56. The van der Waals surface area contributed by atoms with E-state index in [2.05, 4.69) is 38.8 Å². The zero-order chi connectivity index (χ0) is 26.0. The molecule has 2 aliphatic rings. The second kappa shape index (κ2) is 10.6. The number of anilines is 1. The lowest BCUT2D eigenvalue weighted by molar-refractivity contribution is -0.123. The third-order valence-corrected chi connectivity index (χ3v) is 6.91. The number of hydrogen-bond acceptors (Lipinski definition) is 5. The predicted molar refractivity (Wildman–Crippen MR) is 137 cm³/mol. The minimum atomic E-state index is -3.84. The number of amides is 2. The SMILES string of the molecule is O=C1C[C@@H](N2CCN(C(c3ccccc3)c3ccccc3)CC2)C(=O)N1c1ccc(OC(F)(F)Cl)cc1. The molecule has 9 heteroatoms. The molecule has 1 atom stereocenters. The van der Waals surface area contributed by atoms with Crippen LogP contribution in [0.15, 0.2) is 84.9 Å². The molecule has 2 saturated heterocycles. The minimum Gasteiger partial charge on any atom is -0.420 e. The third kappa shape index (κ3) is 5.66. The average molecular weight is 526 g/mol. The third-order valence-electron chi connectivity index (χ3n) is 6.84. The molecule has 0 N–H and O–H groups in total. The largest absolute Gasteiger partial charge is 0.487 e. The van der Waals surface area contributed by atoms with Gasteiger partial charge in [-0.1, -0.05) is 60.7 Å². The van der Waals surface area contributed by atoms with Crippen LogP contribution in [0.2, 0.25) is 0 Å². The Morgan fingerprint density at radius 2 is 1.35 bits per heavy atom. The van der Waals surface area contributed by atoms with E-state index in [4.69, 9.17) is 11.6 Å². The first kappa shape index (κ1) is 25.3. The summed E-state index contributed by atoms with van der Waals surface area (Å²) in [5, 5.41) is 0. The molecule has 6 nitrogen and oxygen atoms in total. The molecule has 0 spiro atoms. The summed E-state index contributed by atoms with van der Waals surface area (Å²) in [5.74, 6) is -0.792. The van der Waals surface area contributed by atoms with Crippen LogP contribution in [0.3, 0.4) is 0 Å². The molecule has 192 valence electrons. The lowest BCUT2D eigenvalue weighted by Crippen LogP contribution is -2.53. The highest BCUT2D eigenvalue weighted by Gasteiger charge is 2.44. The van der Waals surface area contributed by atoms with E-state index in [0.29, 0.717) is 18.8 Å². The molecule has 3 aromatic carbocycles. The van der Waals surface area contributed by atoms with Crippen LogP contribution in [-0.4, -0.2) is 59.4 Å². The molecule has 0 aromatic heterocycles. The van der Waals surface area contributed by atoms with Gasteiger partial charge in [0.15, 0.2) is 0 Å². The van der Waals surface area contributed by atoms with E-state index < -0.39 is 11.6 Å². The Hall–Kier alpha value is -3.33. The van der Waals surface area contributed by atoms with Crippen LogP contribution >= 0.6 is 11.6 Å². The summed E-state index contributed by atoms with van der Waals surface area (Å²) in [6, 6.07) is 25.6. The van der Waals surface area contributed by atoms with Gasteiger partial charge in [0, 0.05) is 37.8 Å². The smallest absolute Gasteiger partial charge is 0.420 e. The van der Waals surface area contributed by atoms with Gasteiger partial charge in [0.05, 0.1) is 24.2 Å². The fourth-order valence-electron chi connectivity index (χ4n) is 5.16. The van der Waals surface area contributed by atoms with Crippen molar-refractivity contribution >= 4 is 29.1 Å². The van der Waals surface area contributed by atoms with E-state index in [0.717, 1.165) is 18.0 Å². The Morgan fingerprint density at radius 1 is 0.811 bits per heavy atom. The van der Waals surface area contributed by atoms with E-state index in [1.807, 2.05) is 36.4 Å². The number of rotatable bonds is 7. The van der Waals surface area contributed by atoms with Gasteiger partial charge in [-0.25, -0.2) is 4.90 Å². The number of halogens is 3. The van der Waals surface area contributed by atoms with Gasteiger partial charge in [0.25, 0.3) is 5.91 Å². The number of hydrogen-bond donors (Lipinski definition) is 0. The van der Waals surface area contributed by atoms with Crippen molar-refractivity contribution in [3.8, 4) is 5.75 Å². The lowest BCUT2D eigenvalue weighted by atomic mass is 9.96. The summed E-state index contributed by atoms with van der Waals surface area (Å²) in [5.41, 5.74) is -1.11. The number of carbonyl (C=O) groups is 2. The summed E-state index contributed by atoms with van der Waals surface area (Å²) in [7, 11) is 0. The summed E-state index contributed by atoms with van der Waals surface area (Å²) in [6.45, 7) is 2.77. The van der Waals surface area contributed by atoms with Gasteiger partial charge in [-0.3, -0.25) is 19.4 Å². The summed E-state index contributed by atoms with van der Waals surface area (Å²) >= 11 is 4.80. The van der Waals surface area contributed by atoms with Gasteiger partial charge in [-0.15, -0.1) is 8.78 Å². The maximum Gasteiger partial charge on any atom is 0.487 e. The zero-order valence-electron chi connectivity index (χ0n) is 20.0. The van der Waals surface area contributed by atoms with Gasteiger partial charge >= 0.3 is 5.57 Å². The van der Waals surface area contributed by atoms with Gasteiger partial charge in [-0.2, -0.15) is 0 Å². The number of benzene rings is 3. The maximum absolute atomic E-state index is 13.3. The summed E-state index contributed by atoms with van der Waals surface area (Å²) < 4.78 is 30.1. The molecular formula is C28H26ClF2N3O3. The van der Waals surface area contributed by atoms with E-state index >= 15 is 0 Å². The van der Waals surface area contributed by atoms with Crippen molar-refractivity contribution in [1.82, 2.24) is 9.80 Å². The quantitative estimate of drug-likeness (QED) is 0.325. The van der Waals surface area contributed by atoms with Crippen LogP contribution in [0.25, 0.3) is 0 Å². The van der Waals surface area contributed by atoms with Crippen LogP contribution in [0.4, 0.5) is 14.5 Å². The van der Waals surface area contributed by atoms with Crippen LogP contribution in [0.5, 0.6) is 5.75 Å². The highest BCUT2D eigenvalue weighted by molar-refractivity contribution is 6.22. The first-order valence-electron chi connectivity index (χ1n) is 12.1. The number of ether oxygens (including phenoxy) is 1. The van der Waals surface area contributed by atoms with Crippen molar-refractivity contribution in [2.75, 3.05) is 31.1 Å². The first-order valence-corrected chi connectivity index (χ1v) is 12.5. The van der Waals surface area contributed by atoms with Gasteiger partial charge in [0.1, 0.15) is 5.75 Å². The van der Waals surface area contributed by atoms with Crippen molar-refractivity contribution in [3.63, 3.8) is 0 Å². The Balaban J connectivity index is 1.27. The molecule has 3 aromatic rings. The zero-order valence-corrected chi connectivity index (χ0v) is 20.7. The van der Waals surface area contributed by atoms with Crippen molar-refractivity contribution < 1.29 is 23.1 Å². The van der Waals surface area contributed by atoms with Crippen LogP contribution < -0.4 is 9.64 Å². The van der Waals surface area contributed by atoms with E-state index in [-0.39, 0.29) is 30.0 Å². The molecular weight excluding hydrogens is 500 g/mol. The van der Waals surface area contributed by atoms with Gasteiger partial charge < -0.3 is 4.74 Å². The van der Waals surface area contributed by atoms with E-state index in [9.17, 15) is 18.4 Å². The lowest BCUT2D eigenvalue weighted by Gasteiger charge is -2.41. The number of carbonyl (C=O) groups excluding carboxylic acids is 2. The highest BCUT2D eigenvalue weighted by atomic mass is 35.5. The molecule has 0 aliphatic carbocycles. The molecule has 0 saturated carbocycles. The molecule has 37 heavy (non-hydrogen) atoms. The Labute approximate surface area is 219 Å². The van der Waals surface area contributed by atoms with Crippen LogP contribution in [0.1, 0.15) is 23.6 Å². The topological polar surface area (TPSA) is 53.1 Å². The van der Waals surface area contributed by atoms with Crippen molar-refractivity contribution in [2.24, 2.45) is 0 Å². The molecule has 2 fully saturated rings. The monoisotopic (exact) mass is 525 g/mol. The fraction of sp³-hybridized carbons (Fsp3) is 0.286. The fourth-order valence-corrected chi connectivity index (χ4v) is 5.25. The standard InChI is InChI=1S/C28H26ClF2N3O3/c29-28(30,31)37-23-13-11-22(12-14-23)34-25(35)19-24(27(34)36)32-15-17-33(18-16-32)26(20-7-3-1-4-8-20)21-9-5-2-6-10-21/h1-14,24,26H,15-19H2/t24-/m1/s1. The van der Waals surface area contributed by atoms with Crippen molar-refractivity contribution in [2.45, 2.75) is 24.1 Å². The van der Waals surface area contributed by atoms with Crippen molar-refractivity contribution in [1.29, 1.82) is 0 Å². The maximum atomic E-state index is 13.3. The summed E-state index contributed by atoms with van der Waals surface area (Å²) in [4.78, 5) is 31.6. The Kier molecular flexibility index (Phi) is 7.24. The molecule has 0 bridgehead atoms. The molecule has 5 rings (SSSR count). The normalized spacial score (nSPS) is 19.6. The summed E-state index contributed by atoms with van der Waals surface area (Å²) in [6.07, 6.45) is 0.0810. The molecule has 2 heterocycles. The number of nitrogens with zero attached hydrogens (tertiary/aromatic N) is 3. The van der Waals surface area contributed by atoms with Crippen LogP contribution in [-0.2, 0) is 9.59 Å².